The first-order valence-corrected chi connectivity index (χ1v) is 13.4. The molecule has 5 rings (SSSR count). The molecule has 10 heteroatoms. The number of ether oxygens (including phenoxy) is 3. The molecule has 8 nitrogen and oxygen atoms in total. The van der Waals surface area contributed by atoms with E-state index in [-0.39, 0.29) is 17.9 Å². The van der Waals surface area contributed by atoms with Crippen LogP contribution in [0.5, 0.6) is 17.2 Å². The highest BCUT2D eigenvalue weighted by Gasteiger charge is 2.50. The topological polar surface area (TPSA) is 115 Å². The molecule has 3 aromatic rings. The van der Waals surface area contributed by atoms with Gasteiger partial charge in [-0.15, -0.1) is 8.78 Å². The Morgan fingerprint density at radius 3 is 2.32 bits per heavy atom. The second-order valence-corrected chi connectivity index (χ2v) is 11.1. The number of aromatic nitrogens is 1. The van der Waals surface area contributed by atoms with Gasteiger partial charge in [-0.1, -0.05) is 39.0 Å². The highest BCUT2D eigenvalue weighted by molar-refractivity contribution is 5.78. The van der Waals surface area contributed by atoms with Crippen LogP contribution in [0.1, 0.15) is 66.2 Å². The number of halogens is 2. The standard InChI is InChI=1S/C31H31F2NO7/c1-15(2)11-19-6-8-22-25(17-5-10-23-24(14-17)41-31(32,33)40-23)27(30(37)38)26(28(22)34-19)21-9-7-20(39-4)13-18(21)12-16(3)29(35)36/h5-10,13-16,25-27H,11-12H2,1-4H3,(H,35,36)(H,37,38)/t16?,25?,26-,27+/m0/s1. The molecule has 0 saturated carbocycles. The van der Waals surface area contributed by atoms with Crippen LogP contribution in [-0.4, -0.2) is 40.5 Å². The zero-order valence-electron chi connectivity index (χ0n) is 23.1. The molecule has 2 aliphatic rings. The number of hydrogen-bond donors (Lipinski definition) is 2. The average Bonchev–Trinajstić information content (AvgIpc) is 3.40. The van der Waals surface area contributed by atoms with Gasteiger partial charge in [-0.25, -0.2) is 0 Å². The van der Waals surface area contributed by atoms with Crippen LogP contribution in [0.25, 0.3) is 0 Å². The van der Waals surface area contributed by atoms with Gasteiger partial charge in [0.05, 0.1) is 24.6 Å². The Kier molecular flexibility index (Phi) is 7.35. The summed E-state index contributed by atoms with van der Waals surface area (Å²) in [6.07, 6.45) is -2.99. The van der Waals surface area contributed by atoms with Crippen molar-refractivity contribution in [3.63, 3.8) is 0 Å². The first kappa shape index (κ1) is 28.3. The monoisotopic (exact) mass is 567 g/mol. The van der Waals surface area contributed by atoms with Gasteiger partial charge < -0.3 is 24.4 Å². The Hall–Kier alpha value is -4.21. The first-order valence-electron chi connectivity index (χ1n) is 13.4. The number of fused-ring (bicyclic) bond motifs is 2. The molecule has 0 spiro atoms. The van der Waals surface area contributed by atoms with Gasteiger partial charge >= 0.3 is 18.2 Å². The number of benzene rings is 2. The highest BCUT2D eigenvalue weighted by Crippen LogP contribution is 2.54. The number of pyridine rings is 1. The summed E-state index contributed by atoms with van der Waals surface area (Å²) in [6, 6.07) is 13.3. The fraction of sp³-hybridized carbons (Fsp3) is 0.387. The molecule has 4 atom stereocenters. The van der Waals surface area contributed by atoms with Crippen LogP contribution in [-0.2, 0) is 22.4 Å². The molecule has 0 fully saturated rings. The Labute approximate surface area is 235 Å². The fourth-order valence-electron chi connectivity index (χ4n) is 5.91. The SMILES string of the molecule is COc1ccc([C@@H]2c3nc(CC(C)C)ccc3C(c3ccc4c(c3)OC(F)(F)O4)[C@H]2C(=O)O)c(CC(C)C(=O)O)c1. The van der Waals surface area contributed by atoms with Gasteiger partial charge in [0.25, 0.3) is 0 Å². The maximum Gasteiger partial charge on any atom is 0.586 e. The van der Waals surface area contributed by atoms with Crippen molar-refractivity contribution in [2.24, 2.45) is 17.8 Å². The van der Waals surface area contributed by atoms with E-state index in [1.165, 1.54) is 19.2 Å². The van der Waals surface area contributed by atoms with Gasteiger partial charge in [0.15, 0.2) is 11.5 Å². The van der Waals surface area contributed by atoms with Crippen LogP contribution < -0.4 is 14.2 Å². The second-order valence-electron chi connectivity index (χ2n) is 11.1. The van der Waals surface area contributed by atoms with Crippen LogP contribution in [0.2, 0.25) is 0 Å². The van der Waals surface area contributed by atoms with Crippen molar-refractivity contribution < 1.29 is 42.8 Å². The zero-order valence-corrected chi connectivity index (χ0v) is 23.1. The van der Waals surface area contributed by atoms with E-state index in [0.717, 1.165) is 5.69 Å². The number of aliphatic carboxylic acids is 2. The molecule has 1 aromatic heterocycles. The lowest BCUT2D eigenvalue weighted by Gasteiger charge is -2.25. The molecule has 2 N–H and O–H groups in total. The number of carbonyl (C=O) groups is 2. The summed E-state index contributed by atoms with van der Waals surface area (Å²) in [6.45, 7) is 5.71. The molecule has 1 aliphatic heterocycles. The van der Waals surface area contributed by atoms with Crippen LogP contribution in [0.15, 0.2) is 48.5 Å². The Morgan fingerprint density at radius 2 is 1.66 bits per heavy atom. The van der Waals surface area contributed by atoms with E-state index >= 15 is 0 Å². The van der Waals surface area contributed by atoms with Gasteiger partial charge in [0.1, 0.15) is 5.75 Å². The molecule has 0 amide bonds. The third-order valence-corrected chi connectivity index (χ3v) is 7.68. The lowest BCUT2D eigenvalue weighted by molar-refractivity contribution is -0.286. The smallest absolute Gasteiger partial charge is 0.497 e. The van der Waals surface area contributed by atoms with E-state index in [4.69, 9.17) is 9.72 Å². The van der Waals surface area contributed by atoms with E-state index in [1.54, 1.807) is 31.2 Å². The van der Waals surface area contributed by atoms with Crippen LogP contribution in [0.3, 0.4) is 0 Å². The van der Waals surface area contributed by atoms with Gasteiger partial charge in [-0.2, -0.15) is 0 Å². The van der Waals surface area contributed by atoms with Crippen molar-refractivity contribution in [2.75, 3.05) is 7.11 Å². The molecular formula is C31H31F2NO7. The molecule has 41 heavy (non-hydrogen) atoms. The third-order valence-electron chi connectivity index (χ3n) is 7.68. The summed E-state index contributed by atoms with van der Waals surface area (Å²) in [5.41, 5.74) is 3.77. The summed E-state index contributed by atoms with van der Waals surface area (Å²) in [4.78, 5) is 29.8. The number of rotatable bonds is 9. The summed E-state index contributed by atoms with van der Waals surface area (Å²) < 4.78 is 42.2. The van der Waals surface area contributed by atoms with E-state index < -0.39 is 41.9 Å². The lowest BCUT2D eigenvalue weighted by atomic mass is 9.78. The molecule has 0 radical (unpaired) electrons. The lowest BCUT2D eigenvalue weighted by Crippen LogP contribution is -2.26. The van der Waals surface area contributed by atoms with Gasteiger partial charge in [0.2, 0.25) is 0 Å². The minimum absolute atomic E-state index is 0.133. The maximum atomic E-state index is 13.8. The Morgan fingerprint density at radius 1 is 0.951 bits per heavy atom. The molecule has 1 aliphatic carbocycles. The van der Waals surface area contributed by atoms with Crippen LogP contribution >= 0.6 is 0 Å². The van der Waals surface area contributed by atoms with Gasteiger partial charge in [0, 0.05) is 17.5 Å². The molecule has 0 bridgehead atoms. The van der Waals surface area contributed by atoms with E-state index in [2.05, 4.69) is 23.3 Å². The normalized spacial score (nSPS) is 21.0. The number of methoxy groups -OCH3 is 1. The zero-order chi connectivity index (χ0) is 29.6. The number of alkyl halides is 2. The molecule has 2 heterocycles. The summed E-state index contributed by atoms with van der Waals surface area (Å²) in [7, 11) is 1.50. The summed E-state index contributed by atoms with van der Waals surface area (Å²) in [5, 5.41) is 20.3. The van der Waals surface area contributed by atoms with E-state index in [1.807, 2.05) is 12.1 Å². The quantitative estimate of drug-likeness (QED) is 0.331. The number of nitrogens with zero attached hydrogens (tertiary/aromatic N) is 1. The van der Waals surface area contributed by atoms with Crippen molar-refractivity contribution in [1.82, 2.24) is 4.98 Å². The van der Waals surface area contributed by atoms with Crippen LogP contribution in [0, 0.1) is 17.8 Å². The Bertz CT molecular complexity index is 1510. The van der Waals surface area contributed by atoms with Gasteiger partial charge in [-0.3, -0.25) is 14.6 Å². The predicted octanol–water partition coefficient (Wildman–Crippen LogP) is 5.85. The van der Waals surface area contributed by atoms with Crippen LogP contribution in [0.4, 0.5) is 8.78 Å². The average molecular weight is 568 g/mol. The van der Waals surface area contributed by atoms with Crippen molar-refractivity contribution in [3.05, 3.63) is 82.2 Å². The van der Waals surface area contributed by atoms with Crippen molar-refractivity contribution in [1.29, 1.82) is 0 Å². The molecule has 0 saturated heterocycles. The molecular weight excluding hydrogens is 536 g/mol. The molecule has 216 valence electrons. The minimum atomic E-state index is -3.81. The summed E-state index contributed by atoms with van der Waals surface area (Å²) in [5.74, 6) is -4.87. The molecule has 2 unspecified atom stereocenters. The fourth-order valence-corrected chi connectivity index (χ4v) is 5.91. The Balaban J connectivity index is 1.70. The largest absolute Gasteiger partial charge is 0.586 e. The van der Waals surface area contributed by atoms with E-state index in [0.29, 0.717) is 46.0 Å². The van der Waals surface area contributed by atoms with Crippen molar-refractivity contribution in [2.45, 2.75) is 51.7 Å². The van der Waals surface area contributed by atoms with Crippen molar-refractivity contribution in [3.8, 4) is 17.2 Å². The first-order chi connectivity index (χ1) is 19.4. The predicted molar refractivity (Wildman–Crippen MR) is 144 cm³/mol. The number of carboxylic acid groups (broad SMARTS) is 2. The number of carboxylic acids is 2. The van der Waals surface area contributed by atoms with E-state index in [9.17, 15) is 28.6 Å². The third kappa shape index (κ3) is 5.42. The number of hydrogen-bond acceptors (Lipinski definition) is 6. The van der Waals surface area contributed by atoms with Crippen molar-refractivity contribution >= 4 is 11.9 Å². The minimum Gasteiger partial charge on any atom is -0.497 e. The maximum absolute atomic E-state index is 13.8. The molecule has 2 aromatic carbocycles. The van der Waals surface area contributed by atoms with Gasteiger partial charge in [-0.05, 0) is 71.3 Å². The second kappa shape index (κ2) is 10.6. The summed E-state index contributed by atoms with van der Waals surface area (Å²) >= 11 is 0. The highest BCUT2D eigenvalue weighted by atomic mass is 19.3.